The van der Waals surface area contributed by atoms with E-state index >= 15 is 0 Å². The lowest BCUT2D eigenvalue weighted by Gasteiger charge is -2.18. The fourth-order valence-corrected chi connectivity index (χ4v) is 2.36. The van der Waals surface area contributed by atoms with Crippen LogP contribution in [0, 0.1) is 0 Å². The minimum Gasteiger partial charge on any atom is -0.351 e. The molecule has 17 heavy (non-hydrogen) atoms. The smallest absolute Gasteiger partial charge is 0.318 e. The molecule has 5 nitrogen and oxygen atoms in total. The summed E-state index contributed by atoms with van der Waals surface area (Å²) in [6.07, 6.45) is 0.853. The third kappa shape index (κ3) is 4.97. The quantitative estimate of drug-likeness (QED) is 0.729. The van der Waals surface area contributed by atoms with Crippen LogP contribution in [0.3, 0.4) is 0 Å². The number of hydrogen-bond donors (Lipinski definition) is 3. The Bertz CT molecular complexity index is 378. The first kappa shape index (κ1) is 13.7. The standard InChI is InChI=1S/C11H17N3O2S/c1-7(6-9-4-3-5-17-9)13-8(2)10(15)14-11(12)16/h3-5,7-8,13H,6H2,1-2H3,(H3,12,14,15,16). The molecule has 2 atom stereocenters. The summed E-state index contributed by atoms with van der Waals surface area (Å²) in [5.41, 5.74) is 4.87. The number of carbonyl (C=O) groups is 2. The molecule has 0 spiro atoms. The van der Waals surface area contributed by atoms with Crippen LogP contribution in [0.15, 0.2) is 17.5 Å². The number of urea groups is 1. The summed E-state index contributed by atoms with van der Waals surface area (Å²) in [6, 6.07) is 2.93. The molecule has 0 fully saturated rings. The molecule has 0 saturated heterocycles. The molecule has 0 radical (unpaired) electrons. The molecule has 0 aromatic carbocycles. The van der Waals surface area contributed by atoms with Crippen LogP contribution >= 0.6 is 11.3 Å². The topological polar surface area (TPSA) is 84.2 Å². The van der Waals surface area contributed by atoms with E-state index in [1.165, 1.54) is 4.88 Å². The summed E-state index contributed by atoms with van der Waals surface area (Å²) in [7, 11) is 0. The Morgan fingerprint density at radius 2 is 2.18 bits per heavy atom. The molecule has 3 amide bonds. The normalized spacial score (nSPS) is 14.0. The van der Waals surface area contributed by atoms with Gasteiger partial charge in [-0.25, -0.2) is 4.79 Å². The third-order valence-electron chi connectivity index (χ3n) is 2.26. The highest BCUT2D eigenvalue weighted by atomic mass is 32.1. The maximum Gasteiger partial charge on any atom is 0.318 e. The van der Waals surface area contributed by atoms with Crippen LogP contribution in [-0.4, -0.2) is 24.0 Å². The zero-order valence-electron chi connectivity index (χ0n) is 9.90. The maximum absolute atomic E-state index is 11.4. The highest BCUT2D eigenvalue weighted by Crippen LogP contribution is 2.11. The van der Waals surface area contributed by atoms with Crippen molar-refractivity contribution >= 4 is 23.3 Å². The first-order valence-corrected chi connectivity index (χ1v) is 6.25. The highest BCUT2D eigenvalue weighted by Gasteiger charge is 2.16. The molecule has 94 valence electrons. The Morgan fingerprint density at radius 1 is 1.47 bits per heavy atom. The fourth-order valence-electron chi connectivity index (χ4n) is 1.52. The molecule has 1 heterocycles. The van der Waals surface area contributed by atoms with E-state index in [1.807, 2.05) is 23.7 Å². The van der Waals surface area contributed by atoms with E-state index in [4.69, 9.17) is 5.73 Å². The number of primary amides is 1. The zero-order valence-corrected chi connectivity index (χ0v) is 10.7. The van der Waals surface area contributed by atoms with Crippen LogP contribution in [0.25, 0.3) is 0 Å². The summed E-state index contributed by atoms with van der Waals surface area (Å²) in [4.78, 5) is 23.2. The van der Waals surface area contributed by atoms with Gasteiger partial charge >= 0.3 is 6.03 Å². The van der Waals surface area contributed by atoms with E-state index in [0.717, 1.165) is 6.42 Å². The molecule has 2 unspecified atom stereocenters. The van der Waals surface area contributed by atoms with Gasteiger partial charge in [0.15, 0.2) is 0 Å². The lowest BCUT2D eigenvalue weighted by molar-refractivity contribution is -0.121. The van der Waals surface area contributed by atoms with Gasteiger partial charge in [0.2, 0.25) is 5.91 Å². The molecule has 0 bridgehead atoms. The van der Waals surface area contributed by atoms with E-state index in [2.05, 4.69) is 11.4 Å². The Hall–Kier alpha value is -1.40. The molecule has 0 aliphatic rings. The van der Waals surface area contributed by atoms with Gasteiger partial charge in [0.25, 0.3) is 0 Å². The second kappa shape index (κ2) is 6.36. The van der Waals surface area contributed by atoms with Gasteiger partial charge in [-0.3, -0.25) is 10.1 Å². The second-order valence-electron chi connectivity index (χ2n) is 3.93. The van der Waals surface area contributed by atoms with E-state index in [-0.39, 0.29) is 6.04 Å². The number of hydrogen-bond acceptors (Lipinski definition) is 4. The molecule has 1 aromatic rings. The summed E-state index contributed by atoms with van der Waals surface area (Å²) < 4.78 is 0. The number of nitrogens with two attached hydrogens (primary N) is 1. The van der Waals surface area contributed by atoms with Crippen molar-refractivity contribution in [2.24, 2.45) is 5.73 Å². The van der Waals surface area contributed by atoms with Crippen LogP contribution in [-0.2, 0) is 11.2 Å². The van der Waals surface area contributed by atoms with E-state index in [9.17, 15) is 9.59 Å². The number of carbonyl (C=O) groups excluding carboxylic acids is 2. The van der Waals surface area contributed by atoms with Gasteiger partial charge in [-0.05, 0) is 31.7 Å². The average Bonchev–Trinajstić information content (AvgIpc) is 2.68. The van der Waals surface area contributed by atoms with Crippen molar-refractivity contribution in [1.29, 1.82) is 0 Å². The SMILES string of the molecule is CC(Cc1cccs1)NC(C)C(=O)NC(N)=O. The third-order valence-corrected chi connectivity index (χ3v) is 3.16. The molecular weight excluding hydrogens is 238 g/mol. The van der Waals surface area contributed by atoms with Crippen molar-refractivity contribution in [3.8, 4) is 0 Å². The highest BCUT2D eigenvalue weighted by molar-refractivity contribution is 7.09. The van der Waals surface area contributed by atoms with Gasteiger partial charge in [-0.2, -0.15) is 0 Å². The molecule has 0 aliphatic carbocycles. The number of imide groups is 1. The molecular formula is C11H17N3O2S. The average molecular weight is 255 g/mol. The minimum atomic E-state index is -0.824. The summed E-state index contributed by atoms with van der Waals surface area (Å²) in [5.74, 6) is -0.407. The lowest BCUT2D eigenvalue weighted by Crippen LogP contribution is -2.49. The predicted molar refractivity (Wildman–Crippen MR) is 67.8 cm³/mol. The molecule has 1 aromatic heterocycles. The molecule has 0 aliphatic heterocycles. The Morgan fingerprint density at radius 3 is 2.71 bits per heavy atom. The monoisotopic (exact) mass is 255 g/mol. The largest absolute Gasteiger partial charge is 0.351 e. The maximum atomic E-state index is 11.4. The summed E-state index contributed by atoms with van der Waals surface area (Å²) >= 11 is 1.68. The van der Waals surface area contributed by atoms with Crippen LogP contribution in [0.2, 0.25) is 0 Å². The predicted octanol–water partition coefficient (Wildman–Crippen LogP) is 0.852. The van der Waals surface area contributed by atoms with Crippen molar-refractivity contribution in [1.82, 2.24) is 10.6 Å². The Balaban J connectivity index is 2.37. The first-order valence-electron chi connectivity index (χ1n) is 5.37. The number of thiophene rings is 1. The van der Waals surface area contributed by atoms with Crippen molar-refractivity contribution in [3.05, 3.63) is 22.4 Å². The Labute approximate surface area is 104 Å². The Kier molecular flexibility index (Phi) is 5.11. The molecule has 1 rings (SSSR count). The zero-order chi connectivity index (χ0) is 12.8. The van der Waals surface area contributed by atoms with Gasteiger partial charge in [0, 0.05) is 10.9 Å². The first-order chi connectivity index (χ1) is 7.99. The van der Waals surface area contributed by atoms with Crippen LogP contribution in [0.1, 0.15) is 18.7 Å². The van der Waals surface area contributed by atoms with E-state index in [1.54, 1.807) is 18.3 Å². The van der Waals surface area contributed by atoms with Gasteiger partial charge in [-0.1, -0.05) is 6.07 Å². The van der Waals surface area contributed by atoms with Crippen molar-refractivity contribution in [2.75, 3.05) is 0 Å². The van der Waals surface area contributed by atoms with Crippen LogP contribution in [0.4, 0.5) is 4.79 Å². The van der Waals surface area contributed by atoms with Crippen molar-refractivity contribution < 1.29 is 9.59 Å². The fraction of sp³-hybridized carbons (Fsp3) is 0.455. The van der Waals surface area contributed by atoms with Gasteiger partial charge in [0.05, 0.1) is 6.04 Å². The van der Waals surface area contributed by atoms with Gasteiger partial charge in [-0.15, -0.1) is 11.3 Å². The molecule has 6 heteroatoms. The molecule has 0 saturated carbocycles. The lowest BCUT2D eigenvalue weighted by atomic mass is 10.2. The van der Waals surface area contributed by atoms with Gasteiger partial charge in [0.1, 0.15) is 0 Å². The number of nitrogens with one attached hydrogen (secondary N) is 2. The second-order valence-corrected chi connectivity index (χ2v) is 4.96. The van der Waals surface area contributed by atoms with Crippen molar-refractivity contribution in [2.45, 2.75) is 32.4 Å². The van der Waals surface area contributed by atoms with Crippen LogP contribution in [0.5, 0.6) is 0 Å². The van der Waals surface area contributed by atoms with E-state index < -0.39 is 18.0 Å². The summed E-state index contributed by atoms with van der Waals surface area (Å²) in [6.45, 7) is 3.69. The van der Waals surface area contributed by atoms with E-state index in [0.29, 0.717) is 0 Å². The summed E-state index contributed by atoms with van der Waals surface area (Å²) in [5, 5.41) is 7.18. The van der Waals surface area contributed by atoms with Gasteiger partial charge < -0.3 is 11.1 Å². The van der Waals surface area contributed by atoms with Crippen molar-refractivity contribution in [3.63, 3.8) is 0 Å². The number of rotatable bonds is 5. The number of amides is 3. The van der Waals surface area contributed by atoms with Crippen LogP contribution < -0.4 is 16.4 Å². The molecule has 4 N–H and O–H groups in total. The minimum absolute atomic E-state index is 0.155.